The van der Waals surface area contributed by atoms with Crippen LogP contribution in [0.2, 0.25) is 0 Å². The van der Waals surface area contributed by atoms with E-state index in [4.69, 9.17) is 4.99 Å². The summed E-state index contributed by atoms with van der Waals surface area (Å²) in [5.74, 6) is 1.31. The molecule has 4 rings (SSSR count). The van der Waals surface area contributed by atoms with E-state index in [1.165, 1.54) is 27.7 Å². The Morgan fingerprint density at radius 2 is 1.36 bits per heavy atom. The maximum absolute atomic E-state index is 4.95. The molecule has 33 heavy (non-hydrogen) atoms. The summed E-state index contributed by atoms with van der Waals surface area (Å²) in [5.41, 5.74) is 3.89. The van der Waals surface area contributed by atoms with E-state index in [2.05, 4.69) is 132 Å². The van der Waals surface area contributed by atoms with Gasteiger partial charge in [0.05, 0.1) is 27.2 Å². The Morgan fingerprint density at radius 3 is 1.91 bits per heavy atom. The Morgan fingerprint density at radius 1 is 0.788 bits per heavy atom. The van der Waals surface area contributed by atoms with Crippen molar-refractivity contribution in [1.29, 1.82) is 0 Å². The topological polar surface area (TPSA) is 12.4 Å². The Bertz CT molecular complexity index is 983. The second-order valence-electron chi connectivity index (χ2n) is 9.52. The molecule has 1 fully saturated rings. The third-order valence-corrected chi connectivity index (χ3v) is 8.15. The second kappa shape index (κ2) is 10.8. The smallest absolute Gasteiger partial charge is 0.104 e. The van der Waals surface area contributed by atoms with Gasteiger partial charge in [0.15, 0.2) is 0 Å². The number of benzene rings is 3. The first-order valence-electron chi connectivity index (χ1n) is 11.5. The average molecular weight is 453 g/mol. The van der Waals surface area contributed by atoms with Gasteiger partial charge in [0, 0.05) is 23.4 Å². The molecule has 3 heteroatoms. The Hall–Kier alpha value is -2.28. The van der Waals surface area contributed by atoms with Crippen LogP contribution in [0, 0.1) is 30.8 Å². The zero-order valence-corrected chi connectivity index (χ0v) is 20.9. The zero-order chi connectivity index (χ0) is 23.3. The number of hydrogen-bond acceptors (Lipinski definition) is 1. The maximum Gasteiger partial charge on any atom is 0.104 e. The van der Waals surface area contributed by atoms with E-state index in [1.54, 1.807) is 0 Å². The van der Waals surface area contributed by atoms with E-state index >= 15 is 0 Å². The molecule has 0 N–H and O–H groups in total. The van der Waals surface area contributed by atoms with Crippen molar-refractivity contribution in [3.8, 4) is 0 Å². The first-order valence-corrected chi connectivity index (χ1v) is 12.8. The molecule has 0 aromatic heterocycles. The van der Waals surface area contributed by atoms with Crippen molar-refractivity contribution in [3.63, 3.8) is 0 Å². The van der Waals surface area contributed by atoms with Gasteiger partial charge in [0.1, 0.15) is 6.54 Å². The molecule has 5 radical (unpaired) electrons. The molecule has 1 atom stereocenters. The quantitative estimate of drug-likeness (QED) is 0.241. The van der Waals surface area contributed by atoms with Gasteiger partial charge in [0.2, 0.25) is 0 Å². The van der Waals surface area contributed by atoms with E-state index in [-0.39, 0.29) is 6.04 Å². The van der Waals surface area contributed by atoms with Crippen molar-refractivity contribution in [1.82, 2.24) is 0 Å². The lowest BCUT2D eigenvalue weighted by Crippen LogP contribution is -2.33. The fourth-order valence-electron chi connectivity index (χ4n) is 4.10. The number of quaternary nitrogens is 1. The summed E-state index contributed by atoms with van der Waals surface area (Å²) in [5, 5.41) is 2.74. The molecule has 0 spiro atoms. The molecule has 0 aliphatic heterocycles. The highest BCUT2D eigenvalue weighted by atomic mass is 31.1. The van der Waals surface area contributed by atoms with E-state index in [9.17, 15) is 0 Å². The maximum atomic E-state index is 4.95. The first-order chi connectivity index (χ1) is 15.9. The number of nitrogens with zero attached hydrogens (tertiary/aromatic N) is 2. The Kier molecular flexibility index (Phi) is 7.78. The third kappa shape index (κ3) is 6.40. The predicted molar refractivity (Wildman–Crippen MR) is 144 cm³/mol. The molecule has 0 saturated heterocycles. The minimum absolute atomic E-state index is 0.0957. The van der Waals surface area contributed by atoms with Gasteiger partial charge in [-0.3, -0.25) is 4.99 Å². The third-order valence-electron chi connectivity index (χ3n) is 5.63. The highest BCUT2D eigenvalue weighted by molar-refractivity contribution is 7.76. The van der Waals surface area contributed by atoms with Crippen LogP contribution in [-0.4, -0.2) is 37.9 Å². The van der Waals surface area contributed by atoms with Crippen LogP contribution in [0.4, 0.5) is 0 Å². The Balaban J connectivity index is 1.52. The van der Waals surface area contributed by atoms with Crippen molar-refractivity contribution in [2.24, 2.45) is 4.99 Å². The molecule has 3 aromatic rings. The van der Waals surface area contributed by atoms with Crippen molar-refractivity contribution in [2.45, 2.75) is 19.5 Å². The van der Waals surface area contributed by atoms with Crippen molar-refractivity contribution < 1.29 is 4.48 Å². The number of aliphatic imine (C=N–C) groups is 1. The Labute approximate surface area is 201 Å². The molecule has 0 bridgehead atoms. The predicted octanol–water partition coefficient (Wildman–Crippen LogP) is 5.57. The van der Waals surface area contributed by atoms with E-state index in [0.29, 0.717) is 0 Å². The molecule has 1 aliphatic rings. The molecule has 0 heterocycles. The summed E-state index contributed by atoms with van der Waals surface area (Å²) in [4.78, 5) is 4.95. The fraction of sp³-hybridized carbons (Fsp3) is 0.200. The van der Waals surface area contributed by atoms with Gasteiger partial charge >= 0.3 is 0 Å². The molecule has 1 saturated carbocycles. The van der Waals surface area contributed by atoms with Crippen LogP contribution < -0.4 is 10.6 Å². The second-order valence-corrected chi connectivity index (χ2v) is 11.7. The molecule has 167 valence electrons. The molecular weight excluding hydrogens is 419 g/mol. The van der Waals surface area contributed by atoms with Gasteiger partial charge in [0.25, 0.3) is 0 Å². The molecule has 0 unspecified atom stereocenters. The van der Waals surface area contributed by atoms with Gasteiger partial charge in [-0.1, -0.05) is 84.9 Å². The first kappa shape index (κ1) is 23.9. The van der Waals surface area contributed by atoms with Crippen LogP contribution in [-0.2, 0) is 6.54 Å². The van der Waals surface area contributed by atoms with Crippen molar-refractivity contribution in [2.75, 3.05) is 21.1 Å². The SMILES string of the molecule is C[C@@H](N=Cc1ccc(C[N+](C)(C)C)cc1)[C]1[CH][CH][CH][C]1P(c1ccccc1)c1ccccc1. The molecule has 1 aliphatic carbocycles. The minimum Gasteiger partial charge on any atom is -0.327 e. The van der Waals surface area contributed by atoms with Gasteiger partial charge in [-0.15, -0.1) is 0 Å². The van der Waals surface area contributed by atoms with Gasteiger partial charge in [-0.25, -0.2) is 0 Å². The lowest BCUT2D eigenvalue weighted by molar-refractivity contribution is -0.884. The molecule has 3 aromatic carbocycles. The standard InChI is InChI=1S/C30H33N2P/c1-24(31-22-25-18-20-26(21-19-25)23-32(2,3)4)29-16-11-17-30(29)33(27-12-7-5-8-13-27)28-14-9-6-10-15-28/h5-22,24H,23H2,1-4H3/q+1/t24-/m1/s1. The average Bonchev–Trinajstić information content (AvgIpc) is 3.28. The highest BCUT2D eigenvalue weighted by Gasteiger charge is 2.39. The highest BCUT2D eigenvalue weighted by Crippen LogP contribution is 2.57. The lowest BCUT2D eigenvalue weighted by atomic mass is 10.00. The van der Waals surface area contributed by atoms with Crippen molar-refractivity contribution >= 4 is 24.7 Å². The number of hydrogen-bond donors (Lipinski definition) is 0. The van der Waals surface area contributed by atoms with E-state index in [1.807, 2.05) is 6.21 Å². The van der Waals surface area contributed by atoms with E-state index < -0.39 is 7.92 Å². The fourth-order valence-corrected chi connectivity index (χ4v) is 6.65. The zero-order valence-electron chi connectivity index (χ0n) is 20.0. The summed E-state index contributed by atoms with van der Waals surface area (Å²) < 4.78 is 0.927. The van der Waals surface area contributed by atoms with Gasteiger partial charge in [-0.2, -0.15) is 0 Å². The summed E-state index contributed by atoms with van der Waals surface area (Å²) >= 11 is 0. The van der Waals surface area contributed by atoms with Crippen LogP contribution in [0.15, 0.2) is 89.9 Å². The molecule has 0 amide bonds. The normalized spacial score (nSPS) is 16.6. The van der Waals surface area contributed by atoms with Crippen LogP contribution in [0.5, 0.6) is 0 Å². The summed E-state index contributed by atoms with van der Waals surface area (Å²) in [6.07, 6.45) is 8.72. The minimum atomic E-state index is -0.621. The monoisotopic (exact) mass is 452 g/mol. The van der Waals surface area contributed by atoms with Crippen LogP contribution in [0.3, 0.4) is 0 Å². The lowest BCUT2D eigenvalue weighted by Gasteiger charge is -2.30. The van der Waals surface area contributed by atoms with Crippen LogP contribution in [0.1, 0.15) is 18.1 Å². The number of rotatable bonds is 8. The molecular formula is C30H33N2P+. The summed E-state index contributed by atoms with van der Waals surface area (Å²) in [6, 6.07) is 30.6. The van der Waals surface area contributed by atoms with E-state index in [0.717, 1.165) is 16.6 Å². The van der Waals surface area contributed by atoms with Crippen LogP contribution >= 0.6 is 7.92 Å². The summed E-state index contributed by atoms with van der Waals surface area (Å²) in [6.45, 7) is 3.22. The van der Waals surface area contributed by atoms with Crippen LogP contribution in [0.25, 0.3) is 0 Å². The van der Waals surface area contributed by atoms with Gasteiger partial charge < -0.3 is 4.48 Å². The van der Waals surface area contributed by atoms with Gasteiger partial charge in [-0.05, 0) is 50.3 Å². The largest absolute Gasteiger partial charge is 0.327 e. The molecule has 2 nitrogen and oxygen atoms in total. The van der Waals surface area contributed by atoms with Crippen molar-refractivity contribution in [3.05, 3.63) is 127 Å². The summed E-state index contributed by atoms with van der Waals surface area (Å²) in [7, 11) is 6.03.